The summed E-state index contributed by atoms with van der Waals surface area (Å²) in [6.07, 6.45) is 10.9. The highest BCUT2D eigenvalue weighted by Crippen LogP contribution is 2.27. The predicted octanol–water partition coefficient (Wildman–Crippen LogP) is 3.49. The van der Waals surface area contributed by atoms with Crippen molar-refractivity contribution in [3.8, 4) is 0 Å². The number of hydrogen-bond acceptors (Lipinski definition) is 4. The first-order valence-corrected chi connectivity index (χ1v) is 7.23. The van der Waals surface area contributed by atoms with Gasteiger partial charge in [0.25, 0.3) is 0 Å². The molecule has 1 aliphatic rings. The number of hydrogen-bond donors (Lipinski definition) is 0. The molecule has 1 heterocycles. The Morgan fingerprint density at radius 2 is 2.24 bits per heavy atom. The van der Waals surface area contributed by atoms with Crippen molar-refractivity contribution in [3.63, 3.8) is 0 Å². The van der Waals surface area contributed by atoms with Crippen molar-refractivity contribution in [2.24, 2.45) is 10.9 Å². The topological polar surface area (TPSA) is 42.3 Å². The quantitative estimate of drug-likeness (QED) is 0.593. The van der Waals surface area contributed by atoms with Gasteiger partial charge < -0.3 is 0 Å². The molecule has 1 saturated carbocycles. The normalized spacial score (nSPS) is 16.7. The molecule has 1 aromatic heterocycles. The van der Waals surface area contributed by atoms with Gasteiger partial charge in [-0.25, -0.2) is 9.78 Å². The molecule has 0 aliphatic heterocycles. The van der Waals surface area contributed by atoms with Crippen molar-refractivity contribution in [2.45, 2.75) is 51.5 Å². The zero-order valence-electron chi connectivity index (χ0n) is 10.0. The first kappa shape index (κ1) is 12.5. The third-order valence-electron chi connectivity index (χ3n) is 3.40. The van der Waals surface area contributed by atoms with Crippen molar-refractivity contribution in [2.75, 3.05) is 0 Å². The van der Waals surface area contributed by atoms with Gasteiger partial charge in [-0.1, -0.05) is 32.1 Å². The van der Waals surface area contributed by atoms with Gasteiger partial charge in [-0.05, 0) is 18.8 Å². The number of thiazole rings is 1. The minimum absolute atomic E-state index is 0.378. The Morgan fingerprint density at radius 3 is 3.00 bits per heavy atom. The lowest BCUT2D eigenvalue weighted by Crippen LogP contribution is -2.07. The van der Waals surface area contributed by atoms with E-state index in [1.54, 1.807) is 17.4 Å². The highest BCUT2D eigenvalue weighted by atomic mass is 32.1. The van der Waals surface area contributed by atoms with Crippen LogP contribution in [0.1, 0.15) is 49.2 Å². The molecule has 17 heavy (non-hydrogen) atoms. The van der Waals surface area contributed by atoms with E-state index in [-0.39, 0.29) is 0 Å². The van der Waals surface area contributed by atoms with Crippen LogP contribution in [-0.2, 0) is 17.8 Å². The average molecular weight is 250 g/mol. The lowest BCUT2D eigenvalue weighted by Gasteiger charge is -2.20. The third-order valence-corrected chi connectivity index (χ3v) is 4.35. The van der Waals surface area contributed by atoms with Crippen LogP contribution in [0, 0.1) is 5.92 Å². The summed E-state index contributed by atoms with van der Waals surface area (Å²) in [5, 5.41) is 3.18. The van der Waals surface area contributed by atoms with Gasteiger partial charge in [0.1, 0.15) is 0 Å². The molecule has 0 amide bonds. The Labute approximate surface area is 106 Å². The second-order valence-corrected chi connectivity index (χ2v) is 5.63. The van der Waals surface area contributed by atoms with Crippen molar-refractivity contribution in [1.82, 2.24) is 4.98 Å². The molecule has 0 bridgehead atoms. The molecule has 1 aliphatic carbocycles. The van der Waals surface area contributed by atoms with Gasteiger partial charge in [0, 0.05) is 5.38 Å². The largest absolute Gasteiger partial charge is 0.244 e. The van der Waals surface area contributed by atoms with Crippen LogP contribution < -0.4 is 0 Å². The number of carbonyl (C=O) groups excluding carboxylic acids is 1. The molecule has 0 N–H and O–H groups in total. The summed E-state index contributed by atoms with van der Waals surface area (Å²) >= 11 is 1.69. The molecule has 0 spiro atoms. The van der Waals surface area contributed by atoms with E-state index in [4.69, 9.17) is 0 Å². The van der Waals surface area contributed by atoms with Gasteiger partial charge >= 0.3 is 0 Å². The van der Waals surface area contributed by atoms with E-state index in [1.165, 1.54) is 43.5 Å². The van der Waals surface area contributed by atoms with Crippen LogP contribution in [0.25, 0.3) is 0 Å². The fraction of sp³-hybridized carbons (Fsp3) is 0.692. The van der Waals surface area contributed by atoms with Gasteiger partial charge in [-0.15, -0.1) is 11.3 Å². The van der Waals surface area contributed by atoms with Crippen LogP contribution in [-0.4, -0.2) is 11.1 Å². The molecule has 0 unspecified atom stereocenters. The zero-order valence-corrected chi connectivity index (χ0v) is 10.8. The fourth-order valence-electron chi connectivity index (χ4n) is 2.45. The van der Waals surface area contributed by atoms with E-state index in [9.17, 15) is 4.79 Å². The number of nitrogens with zero attached hydrogens (tertiary/aromatic N) is 2. The molecule has 3 nitrogen and oxygen atoms in total. The van der Waals surface area contributed by atoms with E-state index in [1.807, 2.05) is 5.38 Å². The van der Waals surface area contributed by atoms with Crippen molar-refractivity contribution >= 4 is 17.4 Å². The van der Waals surface area contributed by atoms with E-state index in [2.05, 4.69) is 9.98 Å². The van der Waals surface area contributed by atoms with Gasteiger partial charge in [-0.2, -0.15) is 4.99 Å². The summed E-state index contributed by atoms with van der Waals surface area (Å²) in [7, 11) is 0. The third kappa shape index (κ3) is 4.06. The number of aromatic nitrogens is 1. The smallest absolute Gasteiger partial charge is 0.235 e. The first-order chi connectivity index (χ1) is 8.38. The van der Waals surface area contributed by atoms with E-state index >= 15 is 0 Å². The lowest BCUT2D eigenvalue weighted by atomic mass is 9.86. The molecule has 0 saturated heterocycles. The maximum Gasteiger partial charge on any atom is 0.235 e. The van der Waals surface area contributed by atoms with Crippen LogP contribution >= 0.6 is 11.3 Å². The molecule has 1 fully saturated rings. The lowest BCUT2D eigenvalue weighted by molar-refractivity contribution is 0.339. The minimum Gasteiger partial charge on any atom is -0.244 e. The van der Waals surface area contributed by atoms with Crippen LogP contribution in [0.3, 0.4) is 0 Å². The highest BCUT2D eigenvalue weighted by molar-refractivity contribution is 7.09. The fourth-order valence-corrected chi connectivity index (χ4v) is 3.26. The molecule has 1 aromatic rings. The van der Waals surface area contributed by atoms with Gasteiger partial charge in [0.2, 0.25) is 6.08 Å². The summed E-state index contributed by atoms with van der Waals surface area (Å²) in [4.78, 5) is 18.0. The number of isocyanates is 1. The standard InChI is InChI=1S/C13H18N2OS/c16-10-14-8-12-9-17-13(15-12)7-6-11-4-2-1-3-5-11/h9,11H,1-8H2. The van der Waals surface area contributed by atoms with Crippen molar-refractivity contribution in [1.29, 1.82) is 0 Å². The van der Waals surface area contributed by atoms with E-state index in [0.29, 0.717) is 6.54 Å². The summed E-state index contributed by atoms with van der Waals surface area (Å²) in [6.45, 7) is 0.378. The Balaban J connectivity index is 1.77. The van der Waals surface area contributed by atoms with Crippen molar-refractivity contribution < 1.29 is 4.79 Å². The van der Waals surface area contributed by atoms with Gasteiger partial charge in [0.05, 0.1) is 17.2 Å². The van der Waals surface area contributed by atoms with Crippen molar-refractivity contribution in [3.05, 3.63) is 16.1 Å². The number of rotatable bonds is 5. The summed E-state index contributed by atoms with van der Waals surface area (Å²) in [6, 6.07) is 0. The first-order valence-electron chi connectivity index (χ1n) is 6.35. The van der Waals surface area contributed by atoms with E-state index < -0.39 is 0 Å². The molecular weight excluding hydrogens is 232 g/mol. The number of aryl methyl sites for hydroxylation is 1. The summed E-state index contributed by atoms with van der Waals surface area (Å²) in [5.41, 5.74) is 0.900. The molecule has 2 rings (SSSR count). The Hall–Kier alpha value is -0.990. The molecule has 0 aromatic carbocycles. The monoisotopic (exact) mass is 250 g/mol. The van der Waals surface area contributed by atoms with E-state index in [0.717, 1.165) is 18.0 Å². The van der Waals surface area contributed by atoms with Crippen LogP contribution in [0.5, 0.6) is 0 Å². The zero-order chi connectivity index (χ0) is 11.9. The highest BCUT2D eigenvalue weighted by Gasteiger charge is 2.13. The van der Waals surface area contributed by atoms with Crippen LogP contribution in [0.15, 0.2) is 10.4 Å². The average Bonchev–Trinajstić information content (AvgIpc) is 2.83. The maximum absolute atomic E-state index is 10.0. The molecular formula is C13H18N2OS. The molecule has 0 radical (unpaired) electrons. The second kappa shape index (κ2) is 6.67. The Morgan fingerprint density at radius 1 is 1.41 bits per heavy atom. The molecule has 0 atom stereocenters. The summed E-state index contributed by atoms with van der Waals surface area (Å²) < 4.78 is 0. The minimum atomic E-state index is 0.378. The van der Waals surface area contributed by atoms with Gasteiger partial charge in [-0.3, -0.25) is 0 Å². The second-order valence-electron chi connectivity index (χ2n) is 4.68. The molecule has 4 heteroatoms. The SMILES string of the molecule is O=C=NCc1csc(CCC2CCCCC2)n1. The predicted molar refractivity (Wildman–Crippen MR) is 68.8 cm³/mol. The van der Waals surface area contributed by atoms with Crippen LogP contribution in [0.2, 0.25) is 0 Å². The van der Waals surface area contributed by atoms with Gasteiger partial charge in [0.15, 0.2) is 0 Å². The Bertz CT molecular complexity index is 390. The number of aliphatic imine (C=N–C) groups is 1. The Kier molecular flexibility index (Phi) is 4.89. The van der Waals surface area contributed by atoms with Crippen LogP contribution in [0.4, 0.5) is 0 Å². The maximum atomic E-state index is 10.0. The molecule has 92 valence electrons. The summed E-state index contributed by atoms with van der Waals surface area (Å²) in [5.74, 6) is 0.907.